The third-order valence-corrected chi connectivity index (χ3v) is 2.01. The molecule has 0 bridgehead atoms. The molecule has 0 radical (unpaired) electrons. The fourth-order valence-corrected chi connectivity index (χ4v) is 1.35. The minimum Gasteiger partial charge on any atom is -0.444 e. The summed E-state index contributed by atoms with van der Waals surface area (Å²) in [6, 6.07) is 9.23. The summed E-state index contributed by atoms with van der Waals surface area (Å²) in [5, 5.41) is 3.67. The standard InChI is InChI=1S/C9H7BF3N2/c11-10(12,13)9-6-7-14-15(9)8-4-2-1-3-5-8/h1-7H/q-1. The van der Waals surface area contributed by atoms with E-state index in [1.807, 2.05) is 0 Å². The zero-order valence-corrected chi connectivity index (χ0v) is 7.65. The first-order valence-electron chi connectivity index (χ1n) is 4.38. The van der Waals surface area contributed by atoms with Gasteiger partial charge in [-0.25, -0.2) is 0 Å². The second-order valence-electron chi connectivity index (χ2n) is 3.08. The van der Waals surface area contributed by atoms with Gasteiger partial charge in [-0.3, -0.25) is 4.68 Å². The predicted molar refractivity (Wildman–Crippen MR) is 52.3 cm³/mol. The largest absolute Gasteiger partial charge is 0.527 e. The Kier molecular flexibility index (Phi) is 2.26. The van der Waals surface area contributed by atoms with Gasteiger partial charge in [-0.15, -0.1) is 0 Å². The highest BCUT2D eigenvalue weighted by Crippen LogP contribution is 2.11. The van der Waals surface area contributed by atoms with Crippen molar-refractivity contribution in [2.45, 2.75) is 0 Å². The van der Waals surface area contributed by atoms with E-state index < -0.39 is 12.6 Å². The molecule has 2 nitrogen and oxygen atoms in total. The molecule has 1 aromatic carbocycles. The summed E-state index contributed by atoms with van der Waals surface area (Å²) in [4.78, 5) is 0. The van der Waals surface area contributed by atoms with Crippen molar-refractivity contribution < 1.29 is 12.9 Å². The highest BCUT2D eigenvalue weighted by atomic mass is 19.4. The smallest absolute Gasteiger partial charge is 0.444 e. The van der Waals surface area contributed by atoms with E-state index in [1.54, 1.807) is 30.3 Å². The van der Waals surface area contributed by atoms with Crippen LogP contribution in [-0.4, -0.2) is 16.8 Å². The normalized spacial score (nSPS) is 11.7. The molecule has 0 aliphatic rings. The summed E-state index contributed by atoms with van der Waals surface area (Å²) in [6.07, 6.45) is 1.15. The molecule has 0 aliphatic heterocycles. The van der Waals surface area contributed by atoms with Gasteiger partial charge in [-0.1, -0.05) is 24.3 Å². The Morgan fingerprint density at radius 1 is 1.00 bits per heavy atom. The van der Waals surface area contributed by atoms with Gasteiger partial charge in [-0.05, 0) is 17.7 Å². The molecule has 0 unspecified atom stereocenters. The van der Waals surface area contributed by atoms with E-state index in [4.69, 9.17) is 0 Å². The van der Waals surface area contributed by atoms with Crippen LogP contribution in [0.1, 0.15) is 0 Å². The maximum atomic E-state index is 12.6. The van der Waals surface area contributed by atoms with Crippen molar-refractivity contribution in [2.75, 3.05) is 0 Å². The van der Waals surface area contributed by atoms with Crippen LogP contribution in [0.25, 0.3) is 5.69 Å². The summed E-state index contributed by atoms with van der Waals surface area (Å²) in [7, 11) is 0. The van der Waals surface area contributed by atoms with Crippen LogP contribution in [0.3, 0.4) is 0 Å². The molecular formula is C9H7BF3N2-. The van der Waals surface area contributed by atoms with Gasteiger partial charge in [0.15, 0.2) is 0 Å². The van der Waals surface area contributed by atoms with Crippen molar-refractivity contribution in [3.05, 3.63) is 42.6 Å². The molecule has 0 spiro atoms. The topological polar surface area (TPSA) is 17.8 Å². The van der Waals surface area contributed by atoms with E-state index in [9.17, 15) is 12.9 Å². The Morgan fingerprint density at radius 3 is 2.27 bits per heavy atom. The van der Waals surface area contributed by atoms with Gasteiger partial charge in [0.25, 0.3) is 0 Å². The van der Waals surface area contributed by atoms with Crippen molar-refractivity contribution in [3.63, 3.8) is 0 Å². The molecule has 2 aromatic rings. The van der Waals surface area contributed by atoms with Crippen LogP contribution in [-0.2, 0) is 0 Å². The van der Waals surface area contributed by atoms with Crippen LogP contribution < -0.4 is 5.59 Å². The van der Waals surface area contributed by atoms with Crippen LogP contribution in [0.15, 0.2) is 42.6 Å². The Hall–Kier alpha value is -1.72. The Bertz CT molecular complexity index is 450. The molecule has 15 heavy (non-hydrogen) atoms. The summed E-state index contributed by atoms with van der Waals surface area (Å²) < 4.78 is 38.6. The minimum atomic E-state index is -5.02. The molecule has 2 rings (SSSR count). The zero-order chi connectivity index (χ0) is 10.9. The lowest BCUT2D eigenvalue weighted by Crippen LogP contribution is -2.39. The lowest BCUT2D eigenvalue weighted by Gasteiger charge is -2.16. The SMILES string of the molecule is F[B-](F)(F)c1ccnn1-c1ccccc1. The predicted octanol–water partition coefficient (Wildman–Crippen LogP) is 1.93. The quantitative estimate of drug-likeness (QED) is 0.694. The summed E-state index contributed by atoms with van der Waals surface area (Å²) >= 11 is 0. The Labute approximate surface area is 84.4 Å². The number of rotatable bonds is 2. The first kappa shape index (κ1) is 9.83. The van der Waals surface area contributed by atoms with Crippen molar-refractivity contribution in [1.82, 2.24) is 9.78 Å². The first-order valence-corrected chi connectivity index (χ1v) is 4.38. The average Bonchev–Trinajstić information content (AvgIpc) is 2.67. The summed E-state index contributed by atoms with van der Waals surface area (Å²) in [6.45, 7) is -5.02. The fourth-order valence-electron chi connectivity index (χ4n) is 1.35. The molecular weight excluding hydrogens is 204 g/mol. The third kappa shape index (κ3) is 1.88. The first-order chi connectivity index (χ1) is 7.09. The number of aromatic nitrogens is 2. The molecule has 0 saturated carbocycles. The highest BCUT2D eigenvalue weighted by molar-refractivity contribution is 6.72. The van der Waals surface area contributed by atoms with Gasteiger partial charge in [0, 0.05) is 6.20 Å². The molecule has 1 heterocycles. The van der Waals surface area contributed by atoms with E-state index in [1.165, 1.54) is 0 Å². The highest BCUT2D eigenvalue weighted by Gasteiger charge is 2.29. The Balaban J connectivity index is 2.51. The molecule has 0 aliphatic carbocycles. The molecule has 0 saturated heterocycles. The van der Waals surface area contributed by atoms with Gasteiger partial charge in [0.2, 0.25) is 0 Å². The van der Waals surface area contributed by atoms with E-state index in [-0.39, 0.29) is 0 Å². The van der Waals surface area contributed by atoms with Crippen LogP contribution in [0.4, 0.5) is 12.9 Å². The fraction of sp³-hybridized carbons (Fsp3) is 0. The number of nitrogens with zero attached hydrogens (tertiary/aromatic N) is 2. The number of benzene rings is 1. The molecule has 0 fully saturated rings. The third-order valence-electron chi connectivity index (χ3n) is 2.01. The molecule has 78 valence electrons. The second-order valence-corrected chi connectivity index (χ2v) is 3.08. The summed E-state index contributed by atoms with van der Waals surface area (Å²) in [5.41, 5.74) is -0.294. The van der Waals surface area contributed by atoms with Gasteiger partial charge in [-0.2, -0.15) is 5.10 Å². The molecule has 1 aromatic heterocycles. The number of hydrogen-bond acceptors (Lipinski definition) is 1. The molecule has 6 heteroatoms. The molecule has 0 atom stereocenters. The van der Waals surface area contributed by atoms with E-state index >= 15 is 0 Å². The zero-order valence-electron chi connectivity index (χ0n) is 7.65. The maximum Gasteiger partial charge on any atom is 0.527 e. The lowest BCUT2D eigenvalue weighted by molar-refractivity contribution is 0.495. The van der Waals surface area contributed by atoms with Crippen LogP contribution in [0.5, 0.6) is 0 Å². The second kappa shape index (κ2) is 3.45. The number of para-hydroxylation sites is 1. The van der Waals surface area contributed by atoms with Gasteiger partial charge < -0.3 is 12.9 Å². The van der Waals surface area contributed by atoms with Crippen LogP contribution >= 0.6 is 0 Å². The summed E-state index contributed by atoms with van der Waals surface area (Å²) in [5.74, 6) is 0. The van der Waals surface area contributed by atoms with Crippen molar-refractivity contribution >= 4 is 12.6 Å². The van der Waals surface area contributed by atoms with Crippen molar-refractivity contribution in [3.8, 4) is 5.69 Å². The lowest BCUT2D eigenvalue weighted by atomic mass is 9.86. The average molecular weight is 211 g/mol. The van der Waals surface area contributed by atoms with Crippen molar-refractivity contribution in [1.29, 1.82) is 0 Å². The monoisotopic (exact) mass is 211 g/mol. The maximum absolute atomic E-state index is 12.6. The van der Waals surface area contributed by atoms with Crippen molar-refractivity contribution in [2.24, 2.45) is 0 Å². The van der Waals surface area contributed by atoms with Gasteiger partial charge >= 0.3 is 6.98 Å². The van der Waals surface area contributed by atoms with Crippen LogP contribution in [0, 0.1) is 0 Å². The van der Waals surface area contributed by atoms with Crippen LogP contribution in [0.2, 0.25) is 0 Å². The van der Waals surface area contributed by atoms with Gasteiger partial charge in [0.1, 0.15) is 0 Å². The molecule has 0 N–H and O–H groups in total. The molecule has 0 amide bonds. The Morgan fingerprint density at radius 2 is 1.67 bits per heavy atom. The van der Waals surface area contributed by atoms with E-state index in [0.29, 0.717) is 5.69 Å². The van der Waals surface area contributed by atoms with E-state index in [2.05, 4.69) is 5.10 Å². The van der Waals surface area contributed by atoms with Gasteiger partial charge in [0.05, 0.1) is 5.69 Å². The minimum absolute atomic E-state index is 0.414. The number of halogens is 3. The van der Waals surface area contributed by atoms with E-state index in [0.717, 1.165) is 16.9 Å². The number of hydrogen-bond donors (Lipinski definition) is 0.